The Kier molecular flexibility index (Phi) is 5.08. The lowest BCUT2D eigenvalue weighted by Gasteiger charge is -2.12. The SMILES string of the molecule is Cc1nc(C(C)(C)C)oc1CC(=O)NCCc1ccc(O)cc1. The van der Waals surface area contributed by atoms with E-state index < -0.39 is 0 Å². The fourth-order valence-corrected chi connectivity index (χ4v) is 2.13. The van der Waals surface area contributed by atoms with Crippen molar-refractivity contribution in [1.82, 2.24) is 10.3 Å². The molecule has 1 aromatic carbocycles. The van der Waals surface area contributed by atoms with Crippen LogP contribution in [0.3, 0.4) is 0 Å². The first-order valence-electron chi connectivity index (χ1n) is 7.77. The molecule has 0 bridgehead atoms. The minimum Gasteiger partial charge on any atom is -0.508 e. The normalized spacial score (nSPS) is 11.5. The van der Waals surface area contributed by atoms with Gasteiger partial charge >= 0.3 is 0 Å². The van der Waals surface area contributed by atoms with Crippen LogP contribution < -0.4 is 5.32 Å². The molecule has 0 aliphatic rings. The van der Waals surface area contributed by atoms with Gasteiger partial charge in [-0.2, -0.15) is 0 Å². The third-order valence-electron chi connectivity index (χ3n) is 3.53. The molecule has 2 N–H and O–H groups in total. The molecule has 0 fully saturated rings. The Balaban J connectivity index is 1.85. The summed E-state index contributed by atoms with van der Waals surface area (Å²) in [6.07, 6.45) is 0.916. The molecular weight excluding hydrogens is 292 g/mol. The second kappa shape index (κ2) is 6.86. The zero-order valence-electron chi connectivity index (χ0n) is 14.1. The lowest BCUT2D eigenvalue weighted by atomic mass is 9.97. The van der Waals surface area contributed by atoms with Crippen LogP contribution in [0, 0.1) is 6.92 Å². The number of oxazole rings is 1. The molecule has 0 radical (unpaired) electrons. The molecule has 0 saturated heterocycles. The van der Waals surface area contributed by atoms with E-state index in [9.17, 15) is 9.90 Å². The zero-order valence-corrected chi connectivity index (χ0v) is 14.1. The molecule has 5 nitrogen and oxygen atoms in total. The number of phenols is 1. The zero-order chi connectivity index (χ0) is 17.0. The molecule has 1 aromatic heterocycles. The minimum atomic E-state index is -0.168. The van der Waals surface area contributed by atoms with Gasteiger partial charge in [0.1, 0.15) is 11.5 Å². The van der Waals surface area contributed by atoms with Crippen LogP contribution in [0.2, 0.25) is 0 Å². The molecule has 0 saturated carbocycles. The molecule has 2 rings (SSSR count). The lowest BCUT2D eigenvalue weighted by molar-refractivity contribution is -0.120. The molecule has 23 heavy (non-hydrogen) atoms. The second-order valence-corrected chi connectivity index (χ2v) is 6.72. The van der Waals surface area contributed by atoms with E-state index in [0.717, 1.165) is 11.3 Å². The van der Waals surface area contributed by atoms with Gasteiger partial charge in [-0.15, -0.1) is 0 Å². The van der Waals surface area contributed by atoms with Crippen molar-refractivity contribution >= 4 is 5.91 Å². The van der Waals surface area contributed by atoms with Crippen molar-refractivity contribution in [3.05, 3.63) is 47.2 Å². The average Bonchev–Trinajstić information content (AvgIpc) is 2.82. The van der Waals surface area contributed by atoms with E-state index in [1.54, 1.807) is 12.1 Å². The molecule has 0 aliphatic carbocycles. The molecule has 0 unspecified atom stereocenters. The second-order valence-electron chi connectivity index (χ2n) is 6.72. The number of benzene rings is 1. The summed E-state index contributed by atoms with van der Waals surface area (Å²) in [4.78, 5) is 16.4. The Morgan fingerprint density at radius 2 is 1.91 bits per heavy atom. The third kappa shape index (κ3) is 4.84. The number of carbonyl (C=O) groups excluding carboxylic acids is 1. The maximum atomic E-state index is 12.0. The highest BCUT2D eigenvalue weighted by Gasteiger charge is 2.23. The summed E-state index contributed by atoms with van der Waals surface area (Å²) < 4.78 is 5.73. The van der Waals surface area contributed by atoms with Gasteiger partial charge in [0.15, 0.2) is 5.89 Å². The summed E-state index contributed by atoms with van der Waals surface area (Å²) in [7, 11) is 0. The Labute approximate surface area is 136 Å². The molecule has 1 heterocycles. The molecule has 2 aromatic rings. The van der Waals surface area contributed by atoms with E-state index in [1.807, 2.05) is 39.8 Å². The van der Waals surface area contributed by atoms with Crippen LogP contribution in [-0.4, -0.2) is 22.5 Å². The molecule has 5 heteroatoms. The minimum absolute atomic E-state index is 0.0801. The van der Waals surface area contributed by atoms with E-state index >= 15 is 0 Å². The molecular formula is C18H24N2O3. The van der Waals surface area contributed by atoms with Gasteiger partial charge in [0, 0.05) is 12.0 Å². The average molecular weight is 316 g/mol. The largest absolute Gasteiger partial charge is 0.508 e. The highest BCUT2D eigenvalue weighted by molar-refractivity contribution is 5.78. The Morgan fingerprint density at radius 1 is 1.26 bits per heavy atom. The smallest absolute Gasteiger partial charge is 0.227 e. The summed E-state index contributed by atoms with van der Waals surface area (Å²) in [5.41, 5.74) is 1.66. The van der Waals surface area contributed by atoms with Crippen LogP contribution in [0.1, 0.15) is 43.7 Å². The predicted molar refractivity (Wildman–Crippen MR) is 88.5 cm³/mol. The van der Waals surface area contributed by atoms with Crippen LogP contribution in [0.4, 0.5) is 0 Å². The van der Waals surface area contributed by atoms with Crippen LogP contribution >= 0.6 is 0 Å². The number of carbonyl (C=O) groups is 1. The van der Waals surface area contributed by atoms with Gasteiger partial charge < -0.3 is 14.8 Å². The topological polar surface area (TPSA) is 75.4 Å². The van der Waals surface area contributed by atoms with E-state index in [0.29, 0.717) is 24.6 Å². The number of nitrogens with one attached hydrogen (secondary N) is 1. The van der Waals surface area contributed by atoms with Crippen molar-refractivity contribution in [1.29, 1.82) is 0 Å². The summed E-state index contributed by atoms with van der Waals surface area (Å²) in [6.45, 7) is 8.49. The van der Waals surface area contributed by atoms with Gasteiger partial charge in [0.2, 0.25) is 5.91 Å². The van der Waals surface area contributed by atoms with Gasteiger partial charge in [-0.25, -0.2) is 4.98 Å². The molecule has 0 atom stereocenters. The van der Waals surface area contributed by atoms with Gasteiger partial charge in [-0.3, -0.25) is 4.79 Å². The predicted octanol–water partition coefficient (Wildman–Crippen LogP) is 2.89. The van der Waals surface area contributed by atoms with Crippen molar-refractivity contribution in [3.63, 3.8) is 0 Å². The van der Waals surface area contributed by atoms with Crippen molar-refractivity contribution in [2.75, 3.05) is 6.54 Å². The summed E-state index contributed by atoms with van der Waals surface area (Å²) in [5, 5.41) is 12.1. The van der Waals surface area contributed by atoms with Crippen molar-refractivity contribution in [3.8, 4) is 5.75 Å². The number of nitrogens with zero attached hydrogens (tertiary/aromatic N) is 1. The number of aromatic hydroxyl groups is 1. The van der Waals surface area contributed by atoms with Gasteiger partial charge in [0.05, 0.1) is 12.1 Å². The quantitative estimate of drug-likeness (QED) is 0.889. The first-order chi connectivity index (χ1) is 10.8. The highest BCUT2D eigenvalue weighted by Crippen LogP contribution is 2.24. The fourth-order valence-electron chi connectivity index (χ4n) is 2.13. The van der Waals surface area contributed by atoms with Crippen LogP contribution in [0.25, 0.3) is 0 Å². The van der Waals surface area contributed by atoms with Crippen molar-refractivity contribution in [2.24, 2.45) is 0 Å². The maximum absolute atomic E-state index is 12.0. The number of hydrogen-bond acceptors (Lipinski definition) is 4. The lowest BCUT2D eigenvalue weighted by Crippen LogP contribution is -2.27. The molecule has 124 valence electrons. The van der Waals surface area contributed by atoms with Crippen LogP contribution in [0.15, 0.2) is 28.7 Å². The van der Waals surface area contributed by atoms with E-state index in [4.69, 9.17) is 4.42 Å². The molecule has 0 spiro atoms. The standard InChI is InChI=1S/C18H24N2O3/c1-12-15(23-17(20-12)18(2,3)4)11-16(22)19-10-9-13-5-7-14(21)8-6-13/h5-8,21H,9-11H2,1-4H3,(H,19,22). The third-order valence-corrected chi connectivity index (χ3v) is 3.53. The number of amides is 1. The van der Waals surface area contributed by atoms with E-state index in [1.165, 1.54) is 0 Å². The first-order valence-corrected chi connectivity index (χ1v) is 7.77. The maximum Gasteiger partial charge on any atom is 0.227 e. The number of phenolic OH excluding ortho intramolecular Hbond substituents is 1. The fraction of sp³-hybridized carbons (Fsp3) is 0.444. The molecule has 0 aliphatic heterocycles. The van der Waals surface area contributed by atoms with E-state index in [-0.39, 0.29) is 23.5 Å². The van der Waals surface area contributed by atoms with Gasteiger partial charge in [-0.05, 0) is 31.0 Å². The summed E-state index contributed by atoms with van der Waals surface area (Å²) >= 11 is 0. The Morgan fingerprint density at radius 3 is 2.48 bits per heavy atom. The number of aromatic nitrogens is 1. The summed E-state index contributed by atoms with van der Waals surface area (Å²) in [6, 6.07) is 6.97. The van der Waals surface area contributed by atoms with Crippen molar-refractivity contribution < 1.29 is 14.3 Å². The van der Waals surface area contributed by atoms with E-state index in [2.05, 4.69) is 10.3 Å². The van der Waals surface area contributed by atoms with Crippen molar-refractivity contribution in [2.45, 2.75) is 46.0 Å². The Hall–Kier alpha value is -2.30. The summed E-state index contributed by atoms with van der Waals surface area (Å²) in [5.74, 6) is 1.44. The first kappa shape index (κ1) is 17.1. The number of rotatable bonds is 5. The molecule has 1 amide bonds. The highest BCUT2D eigenvalue weighted by atomic mass is 16.4. The van der Waals surface area contributed by atoms with Crippen LogP contribution in [0.5, 0.6) is 5.75 Å². The number of aryl methyl sites for hydroxylation is 1. The Bertz CT molecular complexity index is 667. The number of hydrogen-bond donors (Lipinski definition) is 2. The van der Waals surface area contributed by atoms with Gasteiger partial charge in [0.25, 0.3) is 0 Å². The van der Waals surface area contributed by atoms with Gasteiger partial charge in [-0.1, -0.05) is 32.9 Å². The van der Waals surface area contributed by atoms with Crippen LogP contribution in [-0.2, 0) is 23.1 Å². The monoisotopic (exact) mass is 316 g/mol.